The van der Waals surface area contributed by atoms with Crippen LogP contribution in [0.3, 0.4) is 0 Å². The molecule has 0 saturated carbocycles. The lowest BCUT2D eigenvalue weighted by atomic mass is 9.96. The van der Waals surface area contributed by atoms with Crippen LogP contribution in [-0.4, -0.2) is 23.1 Å². The van der Waals surface area contributed by atoms with Gasteiger partial charge in [-0.1, -0.05) is 31.9 Å². The molecule has 1 aromatic carbocycles. The molecule has 1 fully saturated rings. The van der Waals surface area contributed by atoms with Gasteiger partial charge in [-0.25, -0.2) is 0 Å². The molecule has 1 saturated heterocycles. The van der Waals surface area contributed by atoms with Gasteiger partial charge in [0.25, 0.3) is 0 Å². The first-order valence-electron chi connectivity index (χ1n) is 8.34. The third kappa shape index (κ3) is 2.71. The number of fused-ring (bicyclic) bond motifs is 1. The Kier molecular flexibility index (Phi) is 4.30. The topological polar surface area (TPSA) is 23.5 Å². The predicted molar refractivity (Wildman–Crippen MR) is 83.0 cm³/mol. The number of likely N-dealkylation sites (tertiary alicyclic amines) is 1. The van der Waals surface area contributed by atoms with Crippen molar-refractivity contribution >= 4 is 0 Å². The molecule has 0 aromatic heterocycles. The normalized spacial score (nSPS) is 27.2. The van der Waals surface area contributed by atoms with E-state index in [0.29, 0.717) is 11.8 Å². The molecular formula is C18H27NO. The molecule has 2 nitrogen and oxygen atoms in total. The van der Waals surface area contributed by atoms with Crippen molar-refractivity contribution in [1.82, 2.24) is 4.90 Å². The van der Waals surface area contributed by atoms with Crippen LogP contribution in [0.4, 0.5) is 0 Å². The first-order chi connectivity index (χ1) is 9.79. The summed E-state index contributed by atoms with van der Waals surface area (Å²) in [7, 11) is 0. The standard InChI is InChI=1S/C18H27NO/c1-2-5-14-6-4-12-19(13-11-14)17-10-9-16-15(17)7-3-8-18(16)20/h3,7-8,14,17,20H,2,4-6,9-13H2,1H3. The van der Waals surface area contributed by atoms with Crippen molar-refractivity contribution in [2.24, 2.45) is 5.92 Å². The second-order valence-electron chi connectivity index (χ2n) is 6.52. The highest BCUT2D eigenvalue weighted by atomic mass is 16.3. The van der Waals surface area contributed by atoms with Gasteiger partial charge in [-0.15, -0.1) is 0 Å². The van der Waals surface area contributed by atoms with Crippen LogP contribution in [0.5, 0.6) is 5.75 Å². The Hall–Kier alpha value is -1.02. The van der Waals surface area contributed by atoms with E-state index in [2.05, 4.69) is 17.9 Å². The Morgan fingerprint density at radius 2 is 2.10 bits per heavy atom. The molecular weight excluding hydrogens is 246 g/mol. The van der Waals surface area contributed by atoms with Crippen molar-refractivity contribution < 1.29 is 5.11 Å². The van der Waals surface area contributed by atoms with Gasteiger partial charge in [-0.3, -0.25) is 4.90 Å². The maximum Gasteiger partial charge on any atom is 0.119 e. The van der Waals surface area contributed by atoms with Crippen LogP contribution in [0.25, 0.3) is 0 Å². The van der Waals surface area contributed by atoms with Gasteiger partial charge in [0.05, 0.1) is 0 Å². The fourth-order valence-corrected chi connectivity index (χ4v) is 4.19. The van der Waals surface area contributed by atoms with Gasteiger partial charge in [-0.2, -0.15) is 0 Å². The average Bonchev–Trinajstić information content (AvgIpc) is 2.75. The summed E-state index contributed by atoms with van der Waals surface area (Å²) in [6.07, 6.45) is 9.06. The number of phenolic OH excluding ortho intramolecular Hbond substituents is 1. The number of nitrogens with zero attached hydrogens (tertiary/aromatic N) is 1. The zero-order chi connectivity index (χ0) is 13.9. The number of hydrogen-bond acceptors (Lipinski definition) is 2. The highest BCUT2D eigenvalue weighted by molar-refractivity contribution is 5.44. The highest BCUT2D eigenvalue weighted by Crippen LogP contribution is 2.40. The van der Waals surface area contributed by atoms with Gasteiger partial charge in [0, 0.05) is 6.04 Å². The van der Waals surface area contributed by atoms with Crippen molar-refractivity contribution in [3.63, 3.8) is 0 Å². The van der Waals surface area contributed by atoms with Gasteiger partial charge in [0.15, 0.2) is 0 Å². The average molecular weight is 273 g/mol. The Balaban J connectivity index is 1.71. The molecule has 20 heavy (non-hydrogen) atoms. The predicted octanol–water partition coefficient (Wildman–Crippen LogP) is 4.28. The monoisotopic (exact) mass is 273 g/mol. The second-order valence-corrected chi connectivity index (χ2v) is 6.52. The summed E-state index contributed by atoms with van der Waals surface area (Å²) in [5, 5.41) is 10.00. The molecule has 1 aliphatic heterocycles. The summed E-state index contributed by atoms with van der Waals surface area (Å²) in [6, 6.07) is 6.61. The maximum absolute atomic E-state index is 10.00. The molecule has 0 spiro atoms. The Bertz CT molecular complexity index is 457. The van der Waals surface area contributed by atoms with Gasteiger partial charge >= 0.3 is 0 Å². The van der Waals surface area contributed by atoms with Crippen LogP contribution in [0, 0.1) is 5.92 Å². The molecule has 110 valence electrons. The van der Waals surface area contributed by atoms with Gasteiger partial charge in [0.1, 0.15) is 5.75 Å². The molecule has 2 aliphatic rings. The number of rotatable bonds is 3. The van der Waals surface area contributed by atoms with Crippen molar-refractivity contribution in [3.05, 3.63) is 29.3 Å². The third-order valence-corrected chi connectivity index (χ3v) is 5.23. The van der Waals surface area contributed by atoms with E-state index >= 15 is 0 Å². The van der Waals surface area contributed by atoms with E-state index in [1.807, 2.05) is 12.1 Å². The van der Waals surface area contributed by atoms with E-state index in [4.69, 9.17) is 0 Å². The lowest BCUT2D eigenvalue weighted by Crippen LogP contribution is -2.28. The Morgan fingerprint density at radius 3 is 2.95 bits per heavy atom. The zero-order valence-corrected chi connectivity index (χ0v) is 12.6. The Morgan fingerprint density at radius 1 is 1.20 bits per heavy atom. The molecule has 2 heteroatoms. The number of hydrogen-bond donors (Lipinski definition) is 1. The minimum absolute atomic E-state index is 0.503. The highest BCUT2D eigenvalue weighted by Gasteiger charge is 2.30. The fraction of sp³-hybridized carbons (Fsp3) is 0.667. The van der Waals surface area contributed by atoms with E-state index in [1.165, 1.54) is 62.7 Å². The smallest absolute Gasteiger partial charge is 0.119 e. The quantitative estimate of drug-likeness (QED) is 0.888. The molecule has 2 unspecified atom stereocenters. The van der Waals surface area contributed by atoms with Crippen LogP contribution in [0.15, 0.2) is 18.2 Å². The van der Waals surface area contributed by atoms with E-state index < -0.39 is 0 Å². The lowest BCUT2D eigenvalue weighted by Gasteiger charge is -2.28. The summed E-state index contributed by atoms with van der Waals surface area (Å²) >= 11 is 0. The van der Waals surface area contributed by atoms with Gasteiger partial charge in [0.2, 0.25) is 0 Å². The summed E-state index contributed by atoms with van der Waals surface area (Å²) in [5.41, 5.74) is 2.59. The fourth-order valence-electron chi connectivity index (χ4n) is 4.19. The molecule has 1 aliphatic carbocycles. The minimum Gasteiger partial charge on any atom is -0.508 e. The first-order valence-corrected chi connectivity index (χ1v) is 8.34. The zero-order valence-electron chi connectivity index (χ0n) is 12.6. The number of aromatic hydroxyl groups is 1. The van der Waals surface area contributed by atoms with Gasteiger partial charge < -0.3 is 5.11 Å². The molecule has 2 atom stereocenters. The first kappa shape index (κ1) is 13.9. The largest absolute Gasteiger partial charge is 0.508 e. The van der Waals surface area contributed by atoms with E-state index in [-0.39, 0.29) is 0 Å². The summed E-state index contributed by atoms with van der Waals surface area (Å²) in [6.45, 7) is 4.78. The summed E-state index contributed by atoms with van der Waals surface area (Å²) in [5.74, 6) is 1.44. The minimum atomic E-state index is 0.503. The van der Waals surface area contributed by atoms with Crippen molar-refractivity contribution in [3.8, 4) is 5.75 Å². The molecule has 1 N–H and O–H groups in total. The summed E-state index contributed by atoms with van der Waals surface area (Å²) in [4.78, 5) is 2.68. The molecule has 1 aromatic rings. The number of benzene rings is 1. The van der Waals surface area contributed by atoms with Crippen molar-refractivity contribution in [2.75, 3.05) is 13.1 Å². The van der Waals surface area contributed by atoms with Crippen LogP contribution < -0.4 is 0 Å². The molecule has 0 amide bonds. The van der Waals surface area contributed by atoms with Crippen LogP contribution in [0.2, 0.25) is 0 Å². The maximum atomic E-state index is 10.00. The van der Waals surface area contributed by atoms with Crippen LogP contribution >= 0.6 is 0 Å². The van der Waals surface area contributed by atoms with Crippen LogP contribution in [0.1, 0.15) is 62.6 Å². The van der Waals surface area contributed by atoms with E-state index in [9.17, 15) is 5.11 Å². The number of phenols is 1. The van der Waals surface area contributed by atoms with E-state index in [1.54, 1.807) is 0 Å². The van der Waals surface area contributed by atoms with E-state index in [0.717, 1.165) is 12.3 Å². The van der Waals surface area contributed by atoms with Crippen molar-refractivity contribution in [1.29, 1.82) is 0 Å². The van der Waals surface area contributed by atoms with Crippen molar-refractivity contribution in [2.45, 2.75) is 57.9 Å². The molecule has 1 heterocycles. The SMILES string of the molecule is CCCC1CCCN(C2CCc3c(O)cccc32)CC1. The Labute approximate surface area is 122 Å². The molecule has 0 radical (unpaired) electrons. The second kappa shape index (κ2) is 6.17. The van der Waals surface area contributed by atoms with Crippen LogP contribution in [-0.2, 0) is 6.42 Å². The molecule has 3 rings (SSSR count). The summed E-state index contributed by atoms with van der Waals surface area (Å²) < 4.78 is 0. The molecule has 0 bridgehead atoms. The van der Waals surface area contributed by atoms with Gasteiger partial charge in [-0.05, 0) is 68.3 Å². The third-order valence-electron chi connectivity index (χ3n) is 5.23. The lowest BCUT2D eigenvalue weighted by molar-refractivity contribution is 0.201.